The molecule has 18 nitrogen and oxygen atoms in total. The minimum Gasteiger partial charge on any atom is -0.652 e. The van der Waals surface area contributed by atoms with Gasteiger partial charge in [-0.2, -0.15) is 0 Å². The Morgan fingerprint density at radius 1 is 0.400 bits per heavy atom. The van der Waals surface area contributed by atoms with Crippen LogP contribution in [-0.4, -0.2) is 126 Å². The van der Waals surface area contributed by atoms with Gasteiger partial charge in [-0.15, -0.1) is 0 Å². The molecule has 19 heteroatoms. The Kier molecular flexibility index (Phi) is 29500. The van der Waals surface area contributed by atoms with E-state index >= 15 is 0 Å². The van der Waals surface area contributed by atoms with Crippen LogP contribution in [0.2, 0.25) is 0 Å². The number of hydrogen-bond donors (Lipinski definition) is 0. The molecular weight excluding hydrogens is 340 g/mol. The first kappa shape index (κ1) is 832. The molecule has 0 aliphatic heterocycles. The Bertz CT molecular complexity index is 34.4. The van der Waals surface area contributed by atoms with Gasteiger partial charge in [0.1, 0.15) is 0 Å². The van der Waals surface area contributed by atoms with Crippen molar-refractivity contribution in [2.45, 2.75) is 0 Å². The maximum absolute atomic E-state index is 8.33. The second-order valence-corrected chi connectivity index (χ2v) is 0.250. The number of carbonyl (C=O) groups excluding carboxylic acids is 1. The van der Waals surface area contributed by atoms with Crippen LogP contribution in [0.4, 0.5) is 4.79 Å². The van der Waals surface area contributed by atoms with Gasteiger partial charge in [0.05, 0.1) is 0 Å². The largest absolute Gasteiger partial charge is 2.00 e. The molecule has 0 aromatic rings. The third-order valence-corrected chi connectivity index (χ3v) is 0. The number of hydrogen-bond acceptors (Lipinski definition) is 3. The molecule has 0 atom stereocenters. The summed E-state index contributed by atoms with van der Waals surface area (Å²) in [6.45, 7) is 0. The quantitative estimate of drug-likeness (QED) is 0.374. The predicted octanol–water partition coefficient (Wildman–Crippen LogP) is -15.2. The van der Waals surface area contributed by atoms with Gasteiger partial charge in [-0.25, -0.2) is 0 Å². The zero-order chi connectivity index (χ0) is 3.58. The van der Waals surface area contributed by atoms with Crippen LogP contribution >= 0.6 is 0 Å². The van der Waals surface area contributed by atoms with Gasteiger partial charge < -0.3 is 97.2 Å². The van der Waals surface area contributed by atoms with Crippen molar-refractivity contribution in [3.05, 3.63) is 0 Å². The van der Waals surface area contributed by atoms with E-state index in [4.69, 9.17) is 15.0 Å². The van der Waals surface area contributed by atoms with E-state index in [9.17, 15) is 0 Å². The standard InChI is InChI=1S/CH2O3.Ca.15H2O/c2-1(3)4;;;;;;;;;;;;;;;;/h(H2,2,3,4);;15*1H2/q;+2;;;;;;;;;;;;;;;/p-2. The molecule has 0 unspecified atom stereocenters. The molecular formula is CH30CaO18. The van der Waals surface area contributed by atoms with Crippen molar-refractivity contribution >= 4 is 43.9 Å². The molecule has 0 fully saturated rings. The topological polar surface area (TPSA) is 536 Å². The van der Waals surface area contributed by atoms with Gasteiger partial charge >= 0.3 is 37.7 Å². The zero-order valence-electron chi connectivity index (χ0n) is 9.93. The van der Waals surface area contributed by atoms with Gasteiger partial charge in [0.2, 0.25) is 0 Å². The second kappa shape index (κ2) is 709. The third kappa shape index (κ3) is 1040000. The van der Waals surface area contributed by atoms with Crippen LogP contribution in [0.5, 0.6) is 0 Å². The first-order valence-corrected chi connectivity index (χ1v) is 0.612. The Hall–Kier alpha value is -0.0703. The van der Waals surface area contributed by atoms with E-state index in [1.807, 2.05) is 0 Å². The summed E-state index contributed by atoms with van der Waals surface area (Å²) in [6, 6.07) is 0. The minimum absolute atomic E-state index is 0. The van der Waals surface area contributed by atoms with Gasteiger partial charge in [-0.05, 0) is 6.16 Å². The first-order chi connectivity index (χ1) is 1.73. The van der Waals surface area contributed by atoms with Crippen molar-refractivity contribution < 1.29 is 97.2 Å². The molecule has 30 N–H and O–H groups in total. The van der Waals surface area contributed by atoms with Gasteiger partial charge in [0.15, 0.2) is 0 Å². The number of rotatable bonds is 0. The van der Waals surface area contributed by atoms with E-state index in [2.05, 4.69) is 0 Å². The van der Waals surface area contributed by atoms with Crippen molar-refractivity contribution in [3.63, 3.8) is 0 Å². The Morgan fingerprint density at radius 2 is 0.400 bits per heavy atom. The molecule has 0 saturated carbocycles. The van der Waals surface area contributed by atoms with Crippen LogP contribution < -0.4 is 10.2 Å². The van der Waals surface area contributed by atoms with Gasteiger partial charge in [0, 0.05) is 0 Å². The summed E-state index contributed by atoms with van der Waals surface area (Å²) in [5.41, 5.74) is 0. The van der Waals surface area contributed by atoms with E-state index in [-0.39, 0.29) is 120 Å². The maximum atomic E-state index is 8.33. The minimum atomic E-state index is -2.33. The zero-order valence-corrected chi connectivity index (χ0v) is 12.1. The molecule has 0 aliphatic rings. The van der Waals surface area contributed by atoms with Crippen LogP contribution in [0.1, 0.15) is 0 Å². The summed E-state index contributed by atoms with van der Waals surface area (Å²) in [4.78, 5) is 8.33. The molecule has 144 valence electrons. The third-order valence-electron chi connectivity index (χ3n) is 0. The summed E-state index contributed by atoms with van der Waals surface area (Å²) in [7, 11) is 0. The normalized spacial score (nSPS) is 1.20. The van der Waals surface area contributed by atoms with Crippen molar-refractivity contribution in [1.82, 2.24) is 0 Å². The van der Waals surface area contributed by atoms with Gasteiger partial charge in [-0.1, -0.05) is 0 Å². The van der Waals surface area contributed by atoms with Gasteiger partial charge in [-0.3, -0.25) is 0 Å². The Labute approximate surface area is 141 Å². The molecule has 0 spiro atoms. The average molecular weight is 370 g/mol. The Balaban J connectivity index is -0.000000000375. The van der Waals surface area contributed by atoms with Crippen molar-refractivity contribution in [2.24, 2.45) is 0 Å². The predicted molar refractivity (Wildman–Crippen MR) is 65.4 cm³/mol. The van der Waals surface area contributed by atoms with E-state index in [0.29, 0.717) is 0 Å². The van der Waals surface area contributed by atoms with Gasteiger partial charge in [0.25, 0.3) is 0 Å². The van der Waals surface area contributed by atoms with E-state index in [1.165, 1.54) is 0 Å². The van der Waals surface area contributed by atoms with Crippen LogP contribution in [0.15, 0.2) is 0 Å². The number of carboxylic acid groups (broad SMARTS) is 2. The SMILES string of the molecule is O.O.O.O.O.O.O.O.O.O.O.O.O.O.O.O=C([O-])[O-].[Ca+2]. The van der Waals surface area contributed by atoms with Crippen LogP contribution in [-0.2, 0) is 0 Å². The van der Waals surface area contributed by atoms with Crippen molar-refractivity contribution in [1.29, 1.82) is 0 Å². The molecule has 0 rings (SSSR count). The monoisotopic (exact) mass is 370 g/mol. The van der Waals surface area contributed by atoms with Crippen molar-refractivity contribution in [3.8, 4) is 0 Å². The molecule has 0 aliphatic carbocycles. The fourth-order valence-corrected chi connectivity index (χ4v) is 0. The van der Waals surface area contributed by atoms with Crippen LogP contribution in [0.3, 0.4) is 0 Å². The van der Waals surface area contributed by atoms with E-state index in [1.54, 1.807) is 0 Å². The summed E-state index contributed by atoms with van der Waals surface area (Å²) in [5.74, 6) is 0. The molecule has 0 amide bonds. The molecule has 0 bridgehead atoms. The molecule has 0 aromatic carbocycles. The average Bonchev–Trinajstić information content (AvgIpc) is 0.811. The molecule has 20 heavy (non-hydrogen) atoms. The summed E-state index contributed by atoms with van der Waals surface area (Å²) < 4.78 is 0. The number of carbonyl (C=O) groups is 1. The molecule has 0 saturated heterocycles. The molecule has 0 aromatic heterocycles. The molecule has 0 radical (unpaired) electrons. The van der Waals surface area contributed by atoms with E-state index in [0.717, 1.165) is 0 Å². The Morgan fingerprint density at radius 3 is 0.400 bits per heavy atom. The van der Waals surface area contributed by atoms with Crippen LogP contribution in [0.25, 0.3) is 0 Å². The summed E-state index contributed by atoms with van der Waals surface area (Å²) >= 11 is 0. The van der Waals surface area contributed by atoms with E-state index < -0.39 is 6.16 Å². The molecule has 0 heterocycles. The summed E-state index contributed by atoms with van der Waals surface area (Å²) in [6.07, 6.45) is -2.33. The van der Waals surface area contributed by atoms with Crippen LogP contribution in [0, 0.1) is 0 Å². The summed E-state index contributed by atoms with van der Waals surface area (Å²) in [5, 5.41) is 16.7. The smallest absolute Gasteiger partial charge is 0.652 e. The fraction of sp³-hybridized carbons (Fsp3) is 0. The fourth-order valence-electron chi connectivity index (χ4n) is 0. The first-order valence-electron chi connectivity index (χ1n) is 0.612. The second-order valence-electron chi connectivity index (χ2n) is 0.250. The maximum Gasteiger partial charge on any atom is 2.00 e. The van der Waals surface area contributed by atoms with Crippen molar-refractivity contribution in [2.75, 3.05) is 0 Å².